The smallest absolute Gasteiger partial charge is 0.240 e. The Labute approximate surface area is 281 Å². The van der Waals surface area contributed by atoms with Crippen molar-refractivity contribution in [3.05, 3.63) is 164 Å². The Balaban J connectivity index is 1.20. The number of aromatic nitrogens is 7. The SMILES string of the molecule is c1ccc(-c2nc(-c3ccccc3)nc(-n3ccnc3-n3c4ccccc4c4cc(-n5c6ccccc6c6ccccc65)ccc43)n2)cc1. The number of fused-ring (bicyclic) bond motifs is 6. The van der Waals surface area contributed by atoms with Gasteiger partial charge in [0.25, 0.3) is 0 Å². The van der Waals surface area contributed by atoms with E-state index in [0.29, 0.717) is 23.5 Å². The molecule has 0 aliphatic heterocycles. The lowest BCUT2D eigenvalue weighted by molar-refractivity contribution is 0.859. The summed E-state index contributed by atoms with van der Waals surface area (Å²) >= 11 is 0. The molecular formula is C42H27N7. The van der Waals surface area contributed by atoms with Crippen molar-refractivity contribution >= 4 is 43.6 Å². The first-order valence-electron chi connectivity index (χ1n) is 16.2. The number of imidazole rings is 1. The van der Waals surface area contributed by atoms with Gasteiger partial charge < -0.3 is 4.57 Å². The van der Waals surface area contributed by atoms with E-state index in [2.05, 4.69) is 100 Å². The van der Waals surface area contributed by atoms with Crippen LogP contribution in [0.1, 0.15) is 0 Å². The lowest BCUT2D eigenvalue weighted by Gasteiger charge is -2.13. The molecule has 0 aliphatic carbocycles. The third-order valence-electron chi connectivity index (χ3n) is 9.22. The highest BCUT2D eigenvalue weighted by atomic mass is 15.3. The predicted molar refractivity (Wildman–Crippen MR) is 196 cm³/mol. The van der Waals surface area contributed by atoms with E-state index < -0.39 is 0 Å². The van der Waals surface area contributed by atoms with Gasteiger partial charge in [0, 0.05) is 50.8 Å². The van der Waals surface area contributed by atoms with Gasteiger partial charge in [0.15, 0.2) is 11.6 Å². The second-order valence-corrected chi connectivity index (χ2v) is 12.0. The van der Waals surface area contributed by atoms with E-state index >= 15 is 0 Å². The van der Waals surface area contributed by atoms with Gasteiger partial charge in [0.05, 0.1) is 22.1 Å². The van der Waals surface area contributed by atoms with Gasteiger partial charge in [-0.15, -0.1) is 0 Å². The average molecular weight is 630 g/mol. The molecule has 0 atom stereocenters. The van der Waals surface area contributed by atoms with Crippen LogP contribution in [-0.4, -0.2) is 33.6 Å². The molecule has 0 unspecified atom stereocenters. The van der Waals surface area contributed by atoms with Crippen LogP contribution >= 0.6 is 0 Å². The number of rotatable bonds is 5. The summed E-state index contributed by atoms with van der Waals surface area (Å²) in [6, 6.07) is 52.5. The van der Waals surface area contributed by atoms with Crippen molar-refractivity contribution in [2.24, 2.45) is 0 Å². The lowest BCUT2D eigenvalue weighted by atomic mass is 10.1. The molecule has 0 fully saturated rings. The Morgan fingerprint density at radius 1 is 0.408 bits per heavy atom. The first-order chi connectivity index (χ1) is 24.3. The fourth-order valence-corrected chi connectivity index (χ4v) is 7.04. The standard InChI is InChI=1S/C42H27N7/c1-3-13-28(14-4-1)39-44-40(29-15-5-2-6-16-29)46-41(45-39)47-26-25-43-42(47)49-37-22-12-9-19-33(37)34-27-30(23-24-38(34)49)48-35-20-10-7-17-31(35)32-18-8-11-21-36(32)48/h1-27H. The largest absolute Gasteiger partial charge is 0.309 e. The number of nitrogens with zero attached hydrogens (tertiary/aromatic N) is 7. The topological polar surface area (TPSA) is 66.3 Å². The fraction of sp³-hybridized carbons (Fsp3) is 0. The number of para-hydroxylation sites is 3. The normalized spacial score (nSPS) is 11.7. The van der Waals surface area contributed by atoms with Crippen LogP contribution < -0.4 is 0 Å². The molecule has 4 aromatic heterocycles. The molecule has 10 aromatic rings. The molecule has 49 heavy (non-hydrogen) atoms. The van der Waals surface area contributed by atoms with Crippen LogP contribution in [0.5, 0.6) is 0 Å². The Bertz CT molecular complexity index is 2720. The molecule has 6 aromatic carbocycles. The maximum absolute atomic E-state index is 4.99. The molecule has 0 aliphatic rings. The highest BCUT2D eigenvalue weighted by Crippen LogP contribution is 2.37. The van der Waals surface area contributed by atoms with Crippen LogP contribution in [0.4, 0.5) is 0 Å². The summed E-state index contributed by atoms with van der Waals surface area (Å²) in [5, 5.41) is 4.75. The van der Waals surface area contributed by atoms with Crippen LogP contribution in [0.3, 0.4) is 0 Å². The highest BCUT2D eigenvalue weighted by molar-refractivity contribution is 6.12. The van der Waals surface area contributed by atoms with Gasteiger partial charge in [-0.3, -0.25) is 9.13 Å². The van der Waals surface area contributed by atoms with Crippen molar-refractivity contribution in [1.29, 1.82) is 0 Å². The highest BCUT2D eigenvalue weighted by Gasteiger charge is 2.20. The lowest BCUT2D eigenvalue weighted by Crippen LogP contribution is -2.10. The molecule has 7 nitrogen and oxygen atoms in total. The zero-order valence-electron chi connectivity index (χ0n) is 26.2. The summed E-state index contributed by atoms with van der Waals surface area (Å²) in [5.41, 5.74) is 7.39. The quantitative estimate of drug-likeness (QED) is 0.190. The summed E-state index contributed by atoms with van der Waals surface area (Å²) < 4.78 is 6.51. The Morgan fingerprint density at radius 2 is 0.898 bits per heavy atom. The Morgan fingerprint density at radius 3 is 1.49 bits per heavy atom. The van der Waals surface area contributed by atoms with E-state index in [1.165, 1.54) is 21.8 Å². The molecular weight excluding hydrogens is 603 g/mol. The van der Waals surface area contributed by atoms with Crippen molar-refractivity contribution in [3.63, 3.8) is 0 Å². The number of hydrogen-bond acceptors (Lipinski definition) is 4. The number of hydrogen-bond donors (Lipinski definition) is 0. The summed E-state index contributed by atoms with van der Waals surface area (Å²) in [6.45, 7) is 0. The van der Waals surface area contributed by atoms with Gasteiger partial charge in [-0.2, -0.15) is 9.97 Å². The zero-order valence-corrected chi connectivity index (χ0v) is 26.2. The summed E-state index contributed by atoms with van der Waals surface area (Å²) in [7, 11) is 0. The van der Waals surface area contributed by atoms with Gasteiger partial charge >= 0.3 is 0 Å². The van der Waals surface area contributed by atoms with Gasteiger partial charge in [-0.25, -0.2) is 9.97 Å². The molecule has 7 heteroatoms. The maximum Gasteiger partial charge on any atom is 0.240 e. The Kier molecular flexibility index (Phi) is 6.04. The molecule has 0 bridgehead atoms. The molecule has 10 rings (SSSR count). The predicted octanol–water partition coefficient (Wildman–Crippen LogP) is 9.59. The molecule has 4 heterocycles. The van der Waals surface area contributed by atoms with Gasteiger partial charge in [0.1, 0.15) is 0 Å². The van der Waals surface area contributed by atoms with Gasteiger partial charge in [0.2, 0.25) is 11.9 Å². The number of benzene rings is 6. The van der Waals surface area contributed by atoms with Crippen molar-refractivity contribution in [2.75, 3.05) is 0 Å². The van der Waals surface area contributed by atoms with Crippen molar-refractivity contribution in [2.45, 2.75) is 0 Å². The molecule has 0 saturated heterocycles. The monoisotopic (exact) mass is 629 g/mol. The van der Waals surface area contributed by atoms with E-state index in [0.717, 1.165) is 38.6 Å². The summed E-state index contributed by atoms with van der Waals surface area (Å²) in [5.74, 6) is 2.39. The minimum Gasteiger partial charge on any atom is -0.309 e. The molecule has 0 radical (unpaired) electrons. The molecule has 0 saturated carbocycles. The van der Waals surface area contributed by atoms with Crippen LogP contribution in [0.25, 0.3) is 84.0 Å². The minimum atomic E-state index is 0.494. The second-order valence-electron chi connectivity index (χ2n) is 12.0. The summed E-state index contributed by atoms with van der Waals surface area (Å²) in [4.78, 5) is 19.8. The average Bonchev–Trinajstić information content (AvgIpc) is 3.88. The molecule has 0 spiro atoms. The fourth-order valence-electron chi connectivity index (χ4n) is 7.04. The molecule has 230 valence electrons. The summed E-state index contributed by atoms with van der Waals surface area (Å²) in [6.07, 6.45) is 3.72. The van der Waals surface area contributed by atoms with Crippen molar-refractivity contribution in [1.82, 2.24) is 33.6 Å². The van der Waals surface area contributed by atoms with Crippen LogP contribution in [-0.2, 0) is 0 Å². The third-order valence-corrected chi connectivity index (χ3v) is 9.22. The van der Waals surface area contributed by atoms with Crippen molar-refractivity contribution in [3.8, 4) is 40.4 Å². The van der Waals surface area contributed by atoms with E-state index in [1.54, 1.807) is 6.20 Å². The maximum atomic E-state index is 4.99. The van der Waals surface area contributed by atoms with E-state index in [-0.39, 0.29) is 0 Å². The van der Waals surface area contributed by atoms with Crippen molar-refractivity contribution < 1.29 is 0 Å². The van der Waals surface area contributed by atoms with Gasteiger partial charge in [-0.1, -0.05) is 115 Å². The first kappa shape index (κ1) is 27.3. The Hall–Kier alpha value is -6.86. The molecule has 0 amide bonds. The van der Waals surface area contributed by atoms with E-state index in [4.69, 9.17) is 19.9 Å². The second kappa shape index (κ2) is 10.9. The minimum absolute atomic E-state index is 0.494. The third kappa shape index (κ3) is 4.29. The van der Waals surface area contributed by atoms with Gasteiger partial charge in [-0.05, 0) is 36.4 Å². The molecule has 0 N–H and O–H groups in total. The van der Waals surface area contributed by atoms with E-state index in [9.17, 15) is 0 Å². The van der Waals surface area contributed by atoms with Crippen LogP contribution in [0, 0.1) is 0 Å². The first-order valence-corrected chi connectivity index (χ1v) is 16.2. The zero-order chi connectivity index (χ0) is 32.3. The van der Waals surface area contributed by atoms with E-state index in [1.807, 2.05) is 71.4 Å². The van der Waals surface area contributed by atoms with Crippen LogP contribution in [0.2, 0.25) is 0 Å². The van der Waals surface area contributed by atoms with Crippen LogP contribution in [0.15, 0.2) is 164 Å².